The molecule has 15 heavy (non-hydrogen) atoms. The van der Waals surface area contributed by atoms with Crippen LogP contribution in [0.15, 0.2) is 5.16 Å². The first kappa shape index (κ1) is 13.7. The Labute approximate surface area is 90.9 Å². The number of rotatable bonds is 5. The van der Waals surface area contributed by atoms with Crippen LogP contribution in [-0.4, -0.2) is 34.9 Å². The van der Waals surface area contributed by atoms with Crippen LogP contribution >= 0.6 is 0 Å². The number of carbonyl (C=O) groups is 1. The zero-order valence-corrected chi connectivity index (χ0v) is 9.90. The van der Waals surface area contributed by atoms with Crippen molar-refractivity contribution in [1.82, 2.24) is 4.90 Å². The first-order valence-corrected chi connectivity index (χ1v) is 5.23. The van der Waals surface area contributed by atoms with Crippen molar-refractivity contribution >= 4 is 11.7 Å². The molecule has 0 spiro atoms. The molecule has 0 radical (unpaired) electrons. The Hall–Kier alpha value is -1.26. The molecule has 0 aliphatic heterocycles. The number of carbonyl (C=O) groups excluding carboxylic acids is 1. The van der Waals surface area contributed by atoms with E-state index in [1.807, 2.05) is 13.8 Å². The van der Waals surface area contributed by atoms with Crippen LogP contribution in [-0.2, 0) is 4.79 Å². The van der Waals surface area contributed by atoms with Crippen LogP contribution < -0.4 is 5.73 Å². The molecule has 0 fully saturated rings. The third-order valence-corrected chi connectivity index (χ3v) is 2.81. The molecule has 88 valence electrons. The van der Waals surface area contributed by atoms with Gasteiger partial charge >= 0.3 is 0 Å². The van der Waals surface area contributed by atoms with E-state index in [2.05, 4.69) is 5.16 Å². The Balaban J connectivity index is 4.56. The van der Waals surface area contributed by atoms with Crippen LogP contribution in [0, 0.1) is 5.92 Å². The predicted octanol–water partition coefficient (Wildman–Crippen LogP) is 1.02. The van der Waals surface area contributed by atoms with Gasteiger partial charge in [-0.2, -0.15) is 0 Å². The van der Waals surface area contributed by atoms with Gasteiger partial charge < -0.3 is 15.8 Å². The molecule has 0 rings (SSSR count). The molecule has 0 aromatic carbocycles. The number of amidine groups is 1. The molecule has 0 saturated heterocycles. The Morgan fingerprint density at radius 1 is 1.47 bits per heavy atom. The maximum atomic E-state index is 11.9. The van der Waals surface area contributed by atoms with Crippen LogP contribution in [0.4, 0.5) is 0 Å². The highest BCUT2D eigenvalue weighted by atomic mass is 16.4. The van der Waals surface area contributed by atoms with Crippen molar-refractivity contribution in [3.8, 4) is 0 Å². The lowest BCUT2D eigenvalue weighted by molar-refractivity contribution is -0.135. The van der Waals surface area contributed by atoms with Gasteiger partial charge in [-0.25, -0.2) is 0 Å². The summed E-state index contributed by atoms with van der Waals surface area (Å²) < 4.78 is 0. The van der Waals surface area contributed by atoms with E-state index in [1.165, 1.54) is 4.90 Å². The van der Waals surface area contributed by atoms with Crippen LogP contribution in [0.3, 0.4) is 0 Å². The summed E-state index contributed by atoms with van der Waals surface area (Å²) in [6.07, 6.45) is 1.62. The monoisotopic (exact) mass is 215 g/mol. The standard InChI is InChI=1S/C10H21N3O2/c1-5-8(6-2)10(14)13(4)7(3)9(11)12-15/h7-8,15H,5-6H2,1-4H3,(H2,11,12). The van der Waals surface area contributed by atoms with Gasteiger partial charge in [0.05, 0.1) is 6.04 Å². The number of nitrogens with two attached hydrogens (primary N) is 1. The van der Waals surface area contributed by atoms with Crippen molar-refractivity contribution in [3.63, 3.8) is 0 Å². The van der Waals surface area contributed by atoms with Gasteiger partial charge in [0, 0.05) is 13.0 Å². The summed E-state index contributed by atoms with van der Waals surface area (Å²) in [6.45, 7) is 5.69. The van der Waals surface area contributed by atoms with Crippen molar-refractivity contribution in [2.45, 2.75) is 39.7 Å². The van der Waals surface area contributed by atoms with Gasteiger partial charge in [-0.3, -0.25) is 4.79 Å². The largest absolute Gasteiger partial charge is 0.409 e. The normalized spacial score (nSPS) is 14.1. The minimum absolute atomic E-state index is 0.0175. The number of oxime groups is 1. The first-order valence-electron chi connectivity index (χ1n) is 5.23. The molecule has 0 saturated carbocycles. The van der Waals surface area contributed by atoms with Gasteiger partial charge in [0.15, 0.2) is 5.84 Å². The number of amides is 1. The fourth-order valence-electron chi connectivity index (χ4n) is 1.40. The van der Waals surface area contributed by atoms with Gasteiger partial charge in [-0.05, 0) is 19.8 Å². The molecule has 0 bridgehead atoms. The van der Waals surface area contributed by atoms with Crippen LogP contribution in [0.1, 0.15) is 33.6 Å². The Morgan fingerprint density at radius 3 is 2.27 bits per heavy atom. The summed E-state index contributed by atoms with van der Waals surface area (Å²) >= 11 is 0. The zero-order chi connectivity index (χ0) is 12.0. The average molecular weight is 215 g/mol. The summed E-state index contributed by atoms with van der Waals surface area (Å²) in [5.41, 5.74) is 5.44. The van der Waals surface area contributed by atoms with Crippen molar-refractivity contribution in [1.29, 1.82) is 0 Å². The van der Waals surface area contributed by atoms with Gasteiger partial charge in [-0.1, -0.05) is 19.0 Å². The third-order valence-electron chi connectivity index (χ3n) is 2.81. The highest BCUT2D eigenvalue weighted by molar-refractivity contribution is 5.90. The van der Waals surface area contributed by atoms with E-state index in [-0.39, 0.29) is 23.7 Å². The molecule has 0 aliphatic rings. The molecule has 1 amide bonds. The zero-order valence-electron chi connectivity index (χ0n) is 9.90. The maximum absolute atomic E-state index is 11.9. The SMILES string of the molecule is CCC(CC)C(=O)N(C)C(C)C(N)=NO. The topological polar surface area (TPSA) is 78.9 Å². The van der Waals surface area contributed by atoms with E-state index in [0.29, 0.717) is 0 Å². The van der Waals surface area contributed by atoms with Crippen molar-refractivity contribution in [2.24, 2.45) is 16.8 Å². The van der Waals surface area contributed by atoms with Gasteiger partial charge in [-0.15, -0.1) is 0 Å². The molecule has 5 heteroatoms. The maximum Gasteiger partial charge on any atom is 0.226 e. The fraction of sp³-hybridized carbons (Fsp3) is 0.800. The second-order valence-corrected chi connectivity index (χ2v) is 3.66. The van der Waals surface area contributed by atoms with E-state index < -0.39 is 0 Å². The number of hydrogen-bond donors (Lipinski definition) is 2. The molecule has 0 aromatic rings. The summed E-state index contributed by atoms with van der Waals surface area (Å²) in [7, 11) is 1.67. The predicted molar refractivity (Wildman–Crippen MR) is 59.7 cm³/mol. The third kappa shape index (κ3) is 3.42. The van der Waals surface area contributed by atoms with E-state index in [9.17, 15) is 4.79 Å². The molecule has 3 N–H and O–H groups in total. The van der Waals surface area contributed by atoms with Gasteiger partial charge in [0.25, 0.3) is 0 Å². The van der Waals surface area contributed by atoms with Crippen LogP contribution in [0.25, 0.3) is 0 Å². The lowest BCUT2D eigenvalue weighted by Gasteiger charge is -2.27. The highest BCUT2D eigenvalue weighted by Crippen LogP contribution is 2.12. The molecular formula is C10H21N3O2. The van der Waals surface area contributed by atoms with Gasteiger partial charge in [0.2, 0.25) is 5.91 Å². The Kier molecular flexibility index (Phi) is 5.74. The minimum atomic E-state index is -0.372. The molecule has 1 unspecified atom stereocenters. The van der Waals surface area contributed by atoms with Crippen LogP contribution in [0.2, 0.25) is 0 Å². The van der Waals surface area contributed by atoms with E-state index in [4.69, 9.17) is 10.9 Å². The molecule has 1 atom stereocenters. The number of likely N-dealkylation sites (N-methyl/N-ethyl adjacent to an activating group) is 1. The van der Waals surface area contributed by atoms with Crippen molar-refractivity contribution in [2.75, 3.05) is 7.05 Å². The second kappa shape index (κ2) is 6.27. The molecule has 0 aliphatic carbocycles. The average Bonchev–Trinajstić information content (AvgIpc) is 2.27. The number of nitrogens with zero attached hydrogens (tertiary/aromatic N) is 2. The van der Waals surface area contributed by atoms with Crippen LogP contribution in [0.5, 0.6) is 0 Å². The van der Waals surface area contributed by atoms with Gasteiger partial charge in [0.1, 0.15) is 0 Å². The lowest BCUT2D eigenvalue weighted by Crippen LogP contribution is -2.46. The minimum Gasteiger partial charge on any atom is -0.409 e. The highest BCUT2D eigenvalue weighted by Gasteiger charge is 2.24. The quantitative estimate of drug-likeness (QED) is 0.311. The second-order valence-electron chi connectivity index (χ2n) is 3.66. The van der Waals surface area contributed by atoms with E-state index in [0.717, 1.165) is 12.8 Å². The summed E-state index contributed by atoms with van der Waals surface area (Å²) in [4.78, 5) is 13.4. The molecule has 5 nitrogen and oxygen atoms in total. The molecular weight excluding hydrogens is 194 g/mol. The Bertz CT molecular complexity index is 237. The molecule has 0 aromatic heterocycles. The van der Waals surface area contributed by atoms with Crippen molar-refractivity contribution in [3.05, 3.63) is 0 Å². The van der Waals surface area contributed by atoms with E-state index in [1.54, 1.807) is 14.0 Å². The fourth-order valence-corrected chi connectivity index (χ4v) is 1.40. The summed E-state index contributed by atoms with van der Waals surface area (Å²) in [6, 6.07) is -0.372. The first-order chi connectivity index (χ1) is 6.99. The number of hydrogen-bond acceptors (Lipinski definition) is 3. The van der Waals surface area contributed by atoms with Crippen molar-refractivity contribution < 1.29 is 10.0 Å². The summed E-state index contributed by atoms with van der Waals surface area (Å²) in [5, 5.41) is 11.4. The molecule has 0 heterocycles. The van der Waals surface area contributed by atoms with E-state index >= 15 is 0 Å². The lowest BCUT2D eigenvalue weighted by atomic mass is 10.0. The summed E-state index contributed by atoms with van der Waals surface area (Å²) in [5.74, 6) is 0.111. The Morgan fingerprint density at radius 2 is 1.93 bits per heavy atom. The smallest absolute Gasteiger partial charge is 0.226 e.